The lowest BCUT2D eigenvalue weighted by Crippen LogP contribution is -2.75. The summed E-state index contributed by atoms with van der Waals surface area (Å²) in [5, 5.41) is 8.94. The van der Waals surface area contributed by atoms with Gasteiger partial charge in [0.15, 0.2) is 16.1 Å². The van der Waals surface area contributed by atoms with Gasteiger partial charge in [0.2, 0.25) is 0 Å². The molecule has 11 rings (SSSR count). The van der Waals surface area contributed by atoms with Gasteiger partial charge in [-0.3, -0.25) is 4.89 Å². The lowest BCUT2D eigenvalue weighted by atomic mass is 9.76. The molecular formula is C53H43O4PSi2. The van der Waals surface area contributed by atoms with Crippen LogP contribution < -0.4 is 50.5 Å². The highest BCUT2D eigenvalue weighted by Gasteiger charge is 2.56. The molecule has 0 bridgehead atoms. The number of benzene rings is 8. The number of phosphoric ester groups is 1. The number of phosphoric acid groups is 1. The van der Waals surface area contributed by atoms with Gasteiger partial charge in [0.1, 0.15) is 11.5 Å². The van der Waals surface area contributed by atoms with Crippen LogP contribution in [0.4, 0.5) is 0 Å². The number of rotatable bonds is 8. The summed E-state index contributed by atoms with van der Waals surface area (Å²) in [4.78, 5) is 12.5. The molecule has 4 nitrogen and oxygen atoms in total. The molecule has 0 unspecified atom stereocenters. The Hall–Kier alpha value is -6.02. The zero-order valence-corrected chi connectivity index (χ0v) is 36.0. The topological polar surface area (TPSA) is 55.8 Å². The molecule has 0 aromatic heterocycles. The molecule has 0 atom stereocenters. The molecule has 0 radical (unpaired) electrons. The molecule has 3 aliphatic rings. The van der Waals surface area contributed by atoms with Crippen molar-refractivity contribution >= 4 is 65.5 Å². The third-order valence-corrected chi connectivity index (χ3v) is 24.0. The van der Waals surface area contributed by atoms with Crippen LogP contribution in [0.5, 0.6) is 11.5 Å². The van der Waals surface area contributed by atoms with Crippen molar-refractivity contribution in [3.63, 3.8) is 0 Å². The average molecular weight is 831 g/mol. The van der Waals surface area contributed by atoms with Gasteiger partial charge in [0.05, 0.1) is 0 Å². The molecule has 2 aliphatic carbocycles. The van der Waals surface area contributed by atoms with Crippen LogP contribution in [0.3, 0.4) is 0 Å². The zero-order valence-electron chi connectivity index (χ0n) is 33.1. The second-order valence-electron chi connectivity index (χ2n) is 16.4. The van der Waals surface area contributed by atoms with Crippen LogP contribution in [0.1, 0.15) is 35.1 Å². The van der Waals surface area contributed by atoms with Crippen LogP contribution in [0.15, 0.2) is 206 Å². The SMILES string of the molecule is O=P1(O)Oc2c([Si](c3ccccc3)(c3ccccc3)c3ccccc3)ccc3c2C2(CC3)CCc3ccc([Si](c4ccccc4)(c4ccccc4)c4ccccc4)c(c32)O1. The lowest BCUT2D eigenvalue weighted by molar-refractivity contribution is 0.282. The molecule has 0 fully saturated rings. The van der Waals surface area contributed by atoms with Gasteiger partial charge in [0.25, 0.3) is 0 Å². The third-order valence-electron chi connectivity index (χ3n) is 13.5. The van der Waals surface area contributed by atoms with Crippen LogP contribution in [-0.4, -0.2) is 21.0 Å². The standard InChI is InChI=1S/C53H43O4PSi2/c54-58(55)56-51-47(59(41-19-7-1-8-20-41,42-21-9-2-10-22-42)43-23-11-3-12-24-43)33-31-39-35-37-53(49(39)51)38-36-40-32-34-48(52(57-58)50(40)53)60(44-25-13-4-14-26-44,45-27-15-5-16-28-45)46-29-17-6-18-30-46/h1-34H,35-38H2,(H,54,55). The summed E-state index contributed by atoms with van der Waals surface area (Å²) in [5.41, 5.74) is 3.97. The Labute approximate surface area is 353 Å². The Morgan fingerprint density at radius 1 is 0.400 bits per heavy atom. The molecule has 0 saturated heterocycles. The quantitative estimate of drug-likeness (QED) is 0.108. The van der Waals surface area contributed by atoms with E-state index < -0.39 is 29.4 Å². The second-order valence-corrected chi connectivity index (χ2v) is 25.2. The van der Waals surface area contributed by atoms with Gasteiger partial charge in [0, 0.05) is 16.5 Å². The molecule has 60 heavy (non-hydrogen) atoms. The van der Waals surface area contributed by atoms with Gasteiger partial charge < -0.3 is 9.05 Å². The summed E-state index contributed by atoms with van der Waals surface area (Å²) in [5.74, 6) is 1.03. The minimum absolute atomic E-state index is 0.490. The van der Waals surface area contributed by atoms with Crippen LogP contribution in [0, 0.1) is 0 Å². The van der Waals surface area contributed by atoms with E-state index in [0.717, 1.165) is 47.2 Å². The molecule has 1 aliphatic heterocycles. The summed E-state index contributed by atoms with van der Waals surface area (Å²) < 4.78 is 29.0. The number of hydrogen-bond acceptors (Lipinski definition) is 3. The molecule has 292 valence electrons. The smallest absolute Gasteiger partial charge is 0.395 e. The number of hydrogen-bond donors (Lipinski definition) is 1. The van der Waals surface area contributed by atoms with Crippen molar-refractivity contribution < 1.29 is 18.5 Å². The Morgan fingerprint density at radius 2 is 0.667 bits per heavy atom. The molecule has 0 amide bonds. The minimum atomic E-state index is -4.86. The van der Waals surface area contributed by atoms with Gasteiger partial charge in [-0.1, -0.05) is 206 Å². The van der Waals surface area contributed by atoms with E-state index in [2.05, 4.69) is 206 Å². The first-order valence-electron chi connectivity index (χ1n) is 20.9. The first-order chi connectivity index (χ1) is 29.5. The summed E-state index contributed by atoms with van der Waals surface area (Å²) in [7, 11) is -11.3. The normalized spacial score (nSPS) is 15.8. The van der Waals surface area contributed by atoms with Crippen LogP contribution in [0.2, 0.25) is 0 Å². The second kappa shape index (κ2) is 14.3. The van der Waals surface area contributed by atoms with Gasteiger partial charge >= 0.3 is 7.82 Å². The average Bonchev–Trinajstić information content (AvgIpc) is 3.87. The summed E-state index contributed by atoms with van der Waals surface area (Å²) >= 11 is 0. The molecule has 0 saturated carbocycles. The Morgan fingerprint density at radius 3 is 0.933 bits per heavy atom. The maximum Gasteiger partial charge on any atom is 0.584 e. The van der Waals surface area contributed by atoms with Crippen molar-refractivity contribution in [2.45, 2.75) is 31.1 Å². The monoisotopic (exact) mass is 830 g/mol. The van der Waals surface area contributed by atoms with Gasteiger partial charge in [-0.25, -0.2) is 4.57 Å². The lowest BCUT2D eigenvalue weighted by Gasteiger charge is -2.41. The summed E-state index contributed by atoms with van der Waals surface area (Å²) in [6, 6.07) is 73.2. The predicted molar refractivity (Wildman–Crippen MR) is 249 cm³/mol. The fourth-order valence-electron chi connectivity index (χ4n) is 11.3. The van der Waals surface area contributed by atoms with Crippen LogP contribution >= 0.6 is 7.82 Å². The van der Waals surface area contributed by atoms with Gasteiger partial charge in [-0.05, 0) is 78.3 Å². The van der Waals surface area contributed by atoms with Gasteiger partial charge in [-0.15, -0.1) is 0 Å². The molecule has 7 heteroatoms. The molecule has 1 N–H and O–H groups in total. The Balaban J connectivity index is 1.26. The van der Waals surface area contributed by atoms with Crippen LogP contribution in [-0.2, 0) is 22.8 Å². The summed E-state index contributed by atoms with van der Waals surface area (Å²) in [6.07, 6.45) is 3.38. The number of aryl methyl sites for hydroxylation is 2. The van der Waals surface area contributed by atoms with Crippen LogP contribution in [0.25, 0.3) is 0 Å². The van der Waals surface area contributed by atoms with E-state index in [0.29, 0.717) is 11.5 Å². The van der Waals surface area contributed by atoms with Crippen molar-refractivity contribution in [3.05, 3.63) is 229 Å². The first kappa shape index (κ1) is 37.0. The third kappa shape index (κ3) is 5.41. The van der Waals surface area contributed by atoms with Gasteiger partial charge in [-0.2, -0.15) is 0 Å². The largest absolute Gasteiger partial charge is 0.584 e. The van der Waals surface area contributed by atoms with E-state index in [1.807, 2.05) is 0 Å². The maximum absolute atomic E-state index is 15.3. The molecule has 8 aromatic rings. The van der Waals surface area contributed by atoms with E-state index in [4.69, 9.17) is 9.05 Å². The van der Waals surface area contributed by atoms with Crippen molar-refractivity contribution in [2.75, 3.05) is 0 Å². The Kier molecular flexibility index (Phi) is 8.84. The van der Waals surface area contributed by atoms with Crippen molar-refractivity contribution in [3.8, 4) is 11.5 Å². The highest BCUT2D eigenvalue weighted by Crippen LogP contribution is 2.62. The van der Waals surface area contributed by atoms with Crippen molar-refractivity contribution in [1.82, 2.24) is 0 Å². The highest BCUT2D eigenvalue weighted by atomic mass is 31.2. The molecule has 1 heterocycles. The Bertz CT molecular complexity index is 2520. The van der Waals surface area contributed by atoms with Crippen molar-refractivity contribution in [2.24, 2.45) is 0 Å². The minimum Gasteiger partial charge on any atom is -0.395 e. The summed E-state index contributed by atoms with van der Waals surface area (Å²) in [6.45, 7) is 0. The zero-order chi connectivity index (χ0) is 40.4. The first-order valence-corrected chi connectivity index (χ1v) is 26.4. The van der Waals surface area contributed by atoms with Crippen molar-refractivity contribution in [1.29, 1.82) is 0 Å². The van der Waals surface area contributed by atoms with E-state index in [9.17, 15) is 4.89 Å². The molecular weight excluding hydrogens is 788 g/mol. The fraction of sp³-hybridized carbons (Fsp3) is 0.0943. The van der Waals surface area contributed by atoms with E-state index in [-0.39, 0.29) is 0 Å². The highest BCUT2D eigenvalue weighted by molar-refractivity contribution is 7.48. The van der Waals surface area contributed by atoms with E-state index in [1.165, 1.54) is 42.2 Å². The maximum atomic E-state index is 15.3. The fourth-order valence-corrected chi connectivity index (χ4v) is 22.0. The van der Waals surface area contributed by atoms with E-state index in [1.54, 1.807) is 0 Å². The predicted octanol–water partition coefficient (Wildman–Crippen LogP) is 6.49. The van der Waals surface area contributed by atoms with E-state index >= 15 is 4.57 Å². The molecule has 1 spiro atoms. The molecule has 8 aromatic carbocycles.